The van der Waals surface area contributed by atoms with Crippen LogP contribution in [-0.4, -0.2) is 78.5 Å². The van der Waals surface area contributed by atoms with E-state index in [0.29, 0.717) is 0 Å². The van der Waals surface area contributed by atoms with Gasteiger partial charge in [0.05, 0.1) is 0 Å². The molecule has 0 rings (SSSR count). The lowest BCUT2D eigenvalue weighted by Gasteiger charge is -1.95. The Morgan fingerprint density at radius 3 is 0.643 bits per heavy atom. The van der Waals surface area contributed by atoms with Crippen molar-refractivity contribution in [2.75, 3.05) is 78.5 Å². The molecule has 0 unspecified atom stereocenters. The largest absolute Gasteiger partial charge is 0.329 e. The molecule has 0 atom stereocenters. The van der Waals surface area contributed by atoms with Crippen molar-refractivity contribution in [2.45, 2.75) is 53.4 Å². The van der Waals surface area contributed by atoms with Crippen LogP contribution in [0, 0.1) is 0 Å². The van der Waals surface area contributed by atoms with Gasteiger partial charge in [0.25, 0.3) is 0 Å². The Bertz CT molecular complexity index is 141. The molecule has 0 aromatic carbocycles. The molecule has 0 aliphatic rings. The van der Waals surface area contributed by atoms with Gasteiger partial charge in [0, 0.05) is 52.4 Å². The maximum absolute atomic E-state index is 5.21. The predicted octanol–water partition coefficient (Wildman–Crippen LogP) is -0.221. The summed E-state index contributed by atoms with van der Waals surface area (Å²) in [7, 11) is 0. The molecule has 0 radical (unpaired) electrons. The van der Waals surface area contributed by atoms with Crippen molar-refractivity contribution in [3.63, 3.8) is 0 Å². The summed E-state index contributed by atoms with van der Waals surface area (Å²) in [5.41, 5.74) is 20.8. The maximum Gasteiger partial charge on any atom is 0.00744 e. The maximum atomic E-state index is 5.21. The molecular formula is C20H56N8. The molecule has 8 nitrogen and oxygen atoms in total. The first kappa shape index (κ1) is 35.1. The molecule has 176 valence electrons. The molecule has 0 amide bonds. The quantitative estimate of drug-likeness (QED) is 0.163. The van der Waals surface area contributed by atoms with Crippen LogP contribution in [-0.2, 0) is 0 Å². The van der Waals surface area contributed by atoms with Gasteiger partial charge in [-0.25, -0.2) is 0 Å². The molecule has 0 aromatic rings. The zero-order valence-corrected chi connectivity index (χ0v) is 19.6. The topological polar surface area (TPSA) is 152 Å². The standard InChI is InChI=1S/4C5H14N2/c4*1-2-4-7-5-3-6/h4*7H,2-6H2,1H3. The molecule has 0 aliphatic heterocycles. The summed E-state index contributed by atoms with van der Waals surface area (Å²) in [5.74, 6) is 0. The van der Waals surface area contributed by atoms with Crippen LogP contribution in [0.3, 0.4) is 0 Å². The van der Waals surface area contributed by atoms with Gasteiger partial charge in [0.2, 0.25) is 0 Å². The Hall–Kier alpha value is -0.320. The molecule has 0 spiro atoms. The summed E-state index contributed by atoms with van der Waals surface area (Å²) >= 11 is 0. The molecule has 0 aromatic heterocycles. The Morgan fingerprint density at radius 2 is 0.536 bits per heavy atom. The van der Waals surface area contributed by atoms with Crippen LogP contribution >= 0.6 is 0 Å². The highest BCUT2D eigenvalue weighted by Gasteiger charge is 1.78. The first-order valence-corrected chi connectivity index (χ1v) is 11.3. The van der Waals surface area contributed by atoms with Gasteiger partial charge in [-0.1, -0.05) is 27.7 Å². The number of nitrogens with two attached hydrogens (primary N) is 4. The van der Waals surface area contributed by atoms with Crippen molar-refractivity contribution in [1.29, 1.82) is 0 Å². The number of rotatable bonds is 16. The van der Waals surface area contributed by atoms with E-state index in [0.717, 1.165) is 78.5 Å². The van der Waals surface area contributed by atoms with Gasteiger partial charge < -0.3 is 44.2 Å². The smallest absolute Gasteiger partial charge is 0.00744 e. The molecule has 0 fully saturated rings. The third kappa shape index (κ3) is 63.6. The van der Waals surface area contributed by atoms with Crippen LogP contribution in [0.25, 0.3) is 0 Å². The zero-order valence-electron chi connectivity index (χ0n) is 19.6. The second-order valence-electron chi connectivity index (χ2n) is 6.15. The highest BCUT2D eigenvalue weighted by molar-refractivity contribution is 4.44. The van der Waals surface area contributed by atoms with Crippen molar-refractivity contribution in [2.24, 2.45) is 22.9 Å². The van der Waals surface area contributed by atoms with Gasteiger partial charge in [0.15, 0.2) is 0 Å². The Morgan fingerprint density at radius 1 is 0.357 bits per heavy atom. The Labute approximate surface area is 176 Å². The molecule has 12 N–H and O–H groups in total. The molecule has 28 heavy (non-hydrogen) atoms. The summed E-state index contributed by atoms with van der Waals surface area (Å²) in [6.07, 6.45) is 4.78. The molecule has 0 heterocycles. The highest BCUT2D eigenvalue weighted by atomic mass is 14.9. The fourth-order valence-corrected chi connectivity index (χ4v) is 1.62. The van der Waals surface area contributed by atoms with Crippen molar-refractivity contribution in [3.05, 3.63) is 0 Å². The van der Waals surface area contributed by atoms with E-state index in [1.165, 1.54) is 25.7 Å². The van der Waals surface area contributed by atoms with Gasteiger partial charge >= 0.3 is 0 Å². The molecule has 0 saturated heterocycles. The molecule has 0 aliphatic carbocycles. The number of nitrogens with one attached hydrogen (secondary N) is 4. The van der Waals surface area contributed by atoms with E-state index < -0.39 is 0 Å². The second kappa shape index (κ2) is 45.4. The number of hydrogen-bond acceptors (Lipinski definition) is 8. The lowest BCUT2D eigenvalue weighted by molar-refractivity contribution is 0.678. The van der Waals surface area contributed by atoms with E-state index in [2.05, 4.69) is 49.0 Å². The molecule has 0 bridgehead atoms. The van der Waals surface area contributed by atoms with Crippen LogP contribution in [0.5, 0.6) is 0 Å². The Kier molecular flexibility index (Phi) is 57.0. The van der Waals surface area contributed by atoms with Gasteiger partial charge in [-0.15, -0.1) is 0 Å². The van der Waals surface area contributed by atoms with Gasteiger partial charge in [-0.2, -0.15) is 0 Å². The minimum Gasteiger partial charge on any atom is -0.329 e. The summed E-state index contributed by atoms with van der Waals surface area (Å²) in [4.78, 5) is 0. The van der Waals surface area contributed by atoms with E-state index in [1.807, 2.05) is 0 Å². The van der Waals surface area contributed by atoms with E-state index in [-0.39, 0.29) is 0 Å². The van der Waals surface area contributed by atoms with E-state index in [1.54, 1.807) is 0 Å². The lowest BCUT2D eigenvalue weighted by Crippen LogP contribution is -2.22. The monoisotopic (exact) mass is 408 g/mol. The average molecular weight is 409 g/mol. The lowest BCUT2D eigenvalue weighted by atomic mass is 10.5. The van der Waals surface area contributed by atoms with Crippen LogP contribution in [0.1, 0.15) is 53.4 Å². The fourth-order valence-electron chi connectivity index (χ4n) is 1.62. The third-order valence-electron chi connectivity index (χ3n) is 2.99. The van der Waals surface area contributed by atoms with Crippen molar-refractivity contribution >= 4 is 0 Å². The highest BCUT2D eigenvalue weighted by Crippen LogP contribution is 1.67. The van der Waals surface area contributed by atoms with Crippen molar-refractivity contribution in [3.8, 4) is 0 Å². The molecular weight excluding hydrogens is 352 g/mol. The average Bonchev–Trinajstić information content (AvgIpc) is 2.71. The van der Waals surface area contributed by atoms with Gasteiger partial charge in [-0.05, 0) is 51.9 Å². The summed E-state index contributed by atoms with van der Waals surface area (Å²) in [6.45, 7) is 19.8. The van der Waals surface area contributed by atoms with Crippen LogP contribution in [0.15, 0.2) is 0 Å². The van der Waals surface area contributed by atoms with E-state index in [4.69, 9.17) is 22.9 Å². The van der Waals surface area contributed by atoms with Crippen molar-refractivity contribution < 1.29 is 0 Å². The van der Waals surface area contributed by atoms with Gasteiger partial charge in [0.1, 0.15) is 0 Å². The SMILES string of the molecule is CCCNCCN.CCCNCCN.CCCNCCN.CCCNCCN. The molecule has 0 saturated carbocycles. The first-order chi connectivity index (χ1) is 13.7. The third-order valence-corrected chi connectivity index (χ3v) is 2.99. The van der Waals surface area contributed by atoms with Crippen molar-refractivity contribution in [1.82, 2.24) is 21.3 Å². The fraction of sp³-hybridized carbons (Fsp3) is 1.00. The van der Waals surface area contributed by atoms with Gasteiger partial charge in [-0.3, -0.25) is 0 Å². The van der Waals surface area contributed by atoms with E-state index in [9.17, 15) is 0 Å². The minimum atomic E-state index is 0.750. The predicted molar refractivity (Wildman–Crippen MR) is 129 cm³/mol. The molecule has 8 heteroatoms. The summed E-state index contributed by atoms with van der Waals surface area (Å²) in [6, 6.07) is 0. The second-order valence-corrected chi connectivity index (χ2v) is 6.15. The first-order valence-electron chi connectivity index (χ1n) is 11.3. The number of hydrogen-bond donors (Lipinski definition) is 8. The normalized spacial score (nSPS) is 9.43. The zero-order chi connectivity index (χ0) is 22.1. The summed E-state index contributed by atoms with van der Waals surface area (Å²) < 4.78 is 0. The van der Waals surface area contributed by atoms with Crippen LogP contribution in [0.2, 0.25) is 0 Å². The van der Waals surface area contributed by atoms with Crippen LogP contribution in [0.4, 0.5) is 0 Å². The minimum absolute atomic E-state index is 0.750. The van der Waals surface area contributed by atoms with E-state index >= 15 is 0 Å². The summed E-state index contributed by atoms with van der Waals surface area (Å²) in [5, 5.41) is 12.6. The van der Waals surface area contributed by atoms with Crippen LogP contribution < -0.4 is 44.2 Å². The Balaban J connectivity index is -0.000000137.